The van der Waals surface area contributed by atoms with Crippen LogP contribution >= 0.6 is 11.3 Å². The first-order valence-corrected chi connectivity index (χ1v) is 16.3. The Morgan fingerprint density at radius 1 is 0.733 bits per heavy atom. The summed E-state index contributed by atoms with van der Waals surface area (Å²) in [5.41, 5.74) is 9.41. The van der Waals surface area contributed by atoms with Gasteiger partial charge in [0, 0.05) is 43.2 Å². The quantitative estimate of drug-likeness (QED) is 0.219. The molecule has 1 N–H and O–H groups in total. The van der Waals surface area contributed by atoms with Gasteiger partial charge in [-0.05, 0) is 83.3 Å². The van der Waals surface area contributed by atoms with Crippen LogP contribution < -0.4 is 10.2 Å². The largest absolute Gasteiger partial charge is 0.366 e. The molecule has 0 radical (unpaired) electrons. The van der Waals surface area contributed by atoms with Crippen LogP contribution in [0.5, 0.6) is 0 Å². The van der Waals surface area contributed by atoms with E-state index >= 15 is 0 Å². The summed E-state index contributed by atoms with van der Waals surface area (Å²) in [6.07, 6.45) is 13.0. The minimum Gasteiger partial charge on any atom is -0.366 e. The van der Waals surface area contributed by atoms with Crippen molar-refractivity contribution in [1.29, 1.82) is 0 Å². The average Bonchev–Trinajstić information content (AvgIpc) is 3.60. The van der Waals surface area contributed by atoms with E-state index in [-0.39, 0.29) is 17.6 Å². The van der Waals surface area contributed by atoms with Crippen LogP contribution in [-0.2, 0) is 5.41 Å². The Balaban J connectivity index is 1.12. The second kappa shape index (κ2) is 10.2. The highest BCUT2D eigenvalue weighted by Crippen LogP contribution is 2.52. The number of aliphatic imine (C=N–C) groups is 1. The van der Waals surface area contributed by atoms with Gasteiger partial charge in [-0.2, -0.15) is 0 Å². The molecule has 5 aromatic carbocycles. The summed E-state index contributed by atoms with van der Waals surface area (Å²) >= 11 is 1.87. The molecule has 1 aromatic heterocycles. The number of hydrogen-bond donors (Lipinski definition) is 1. The van der Waals surface area contributed by atoms with Crippen molar-refractivity contribution in [3.63, 3.8) is 0 Å². The number of fused-ring (bicyclic) bond motifs is 6. The van der Waals surface area contributed by atoms with Gasteiger partial charge in [-0.1, -0.05) is 97.1 Å². The second-order valence-corrected chi connectivity index (χ2v) is 13.3. The maximum atomic E-state index is 5.09. The van der Waals surface area contributed by atoms with Crippen molar-refractivity contribution in [2.75, 3.05) is 4.90 Å². The van der Waals surface area contributed by atoms with E-state index in [1.54, 1.807) is 0 Å². The number of benzene rings is 5. The Bertz CT molecular complexity index is 2240. The zero-order chi connectivity index (χ0) is 30.0. The average molecular weight is 598 g/mol. The second-order valence-electron chi connectivity index (χ2n) is 12.3. The molecule has 0 saturated heterocycles. The van der Waals surface area contributed by atoms with Crippen LogP contribution in [-0.4, -0.2) is 11.8 Å². The number of rotatable bonds is 4. The molecule has 3 nitrogen and oxygen atoms in total. The molecule has 2 aliphatic heterocycles. The fourth-order valence-electron chi connectivity index (χ4n) is 7.27. The Hall–Kier alpha value is -5.19. The molecule has 4 heteroatoms. The van der Waals surface area contributed by atoms with Crippen LogP contribution in [0.4, 0.5) is 11.4 Å². The van der Waals surface area contributed by atoms with Gasteiger partial charge in [-0.15, -0.1) is 11.3 Å². The molecular formula is C41H31N3S. The molecule has 1 aliphatic carbocycles. The van der Waals surface area contributed by atoms with E-state index in [4.69, 9.17) is 4.99 Å². The summed E-state index contributed by atoms with van der Waals surface area (Å²) in [6, 6.07) is 42.1. The van der Waals surface area contributed by atoms with Crippen molar-refractivity contribution in [3.8, 4) is 11.1 Å². The fourth-order valence-corrected chi connectivity index (χ4v) is 8.36. The van der Waals surface area contributed by atoms with E-state index in [1.165, 1.54) is 48.2 Å². The molecule has 3 heterocycles. The van der Waals surface area contributed by atoms with E-state index in [0.29, 0.717) is 0 Å². The minimum atomic E-state index is -0.153. The maximum Gasteiger partial charge on any atom is 0.145 e. The lowest BCUT2D eigenvalue weighted by Crippen LogP contribution is -2.39. The molecule has 0 spiro atoms. The molecule has 0 amide bonds. The van der Waals surface area contributed by atoms with E-state index in [1.807, 2.05) is 29.7 Å². The minimum absolute atomic E-state index is 0.147. The highest BCUT2D eigenvalue weighted by atomic mass is 32.1. The predicted molar refractivity (Wildman–Crippen MR) is 191 cm³/mol. The number of nitrogens with zero attached hydrogens (tertiary/aromatic N) is 2. The summed E-state index contributed by atoms with van der Waals surface area (Å²) < 4.78 is 2.68. The molecule has 6 aromatic rings. The van der Waals surface area contributed by atoms with Crippen molar-refractivity contribution in [2.45, 2.75) is 24.5 Å². The zero-order valence-electron chi connectivity index (χ0n) is 24.9. The topological polar surface area (TPSA) is 27.6 Å². The highest BCUT2D eigenvalue weighted by molar-refractivity contribution is 7.25. The van der Waals surface area contributed by atoms with Crippen LogP contribution in [0.15, 0.2) is 157 Å². The van der Waals surface area contributed by atoms with Crippen molar-refractivity contribution < 1.29 is 0 Å². The summed E-state index contributed by atoms with van der Waals surface area (Å²) in [5, 5.41) is 6.14. The van der Waals surface area contributed by atoms with Gasteiger partial charge in [0.05, 0.1) is 11.8 Å². The number of thiophene rings is 1. The maximum absolute atomic E-state index is 5.09. The van der Waals surface area contributed by atoms with E-state index in [2.05, 4.69) is 151 Å². The van der Waals surface area contributed by atoms with Crippen molar-refractivity contribution in [3.05, 3.63) is 169 Å². The molecule has 3 aliphatic rings. The van der Waals surface area contributed by atoms with Crippen molar-refractivity contribution >= 4 is 48.6 Å². The molecule has 45 heavy (non-hydrogen) atoms. The molecule has 0 saturated carbocycles. The molecule has 9 rings (SSSR count). The van der Waals surface area contributed by atoms with E-state index in [0.717, 1.165) is 16.8 Å². The summed E-state index contributed by atoms with van der Waals surface area (Å²) in [6.45, 7) is 2.38. The van der Waals surface area contributed by atoms with Crippen LogP contribution in [0.1, 0.15) is 29.8 Å². The van der Waals surface area contributed by atoms with Crippen LogP contribution in [0, 0.1) is 0 Å². The number of hydrogen-bond acceptors (Lipinski definition) is 4. The van der Waals surface area contributed by atoms with Gasteiger partial charge >= 0.3 is 0 Å². The van der Waals surface area contributed by atoms with Gasteiger partial charge < -0.3 is 10.2 Å². The SMILES string of the molecule is CC12C=CC=CC1N(c1cccc(C3N=C(c4ccccc4)C=CN3)c1)c1ccc(-c3ccc4sc5ccccc5c4c3)cc12. The molecule has 3 unspecified atom stereocenters. The first kappa shape index (κ1) is 26.2. The van der Waals surface area contributed by atoms with Crippen LogP contribution in [0.3, 0.4) is 0 Å². The van der Waals surface area contributed by atoms with Gasteiger partial charge in [0.2, 0.25) is 0 Å². The van der Waals surface area contributed by atoms with Crippen LogP contribution in [0.25, 0.3) is 31.3 Å². The highest BCUT2D eigenvalue weighted by Gasteiger charge is 2.46. The molecule has 3 atom stereocenters. The smallest absolute Gasteiger partial charge is 0.145 e. The zero-order valence-corrected chi connectivity index (χ0v) is 25.7. The Kier molecular flexibility index (Phi) is 5.94. The number of allylic oxidation sites excluding steroid dienone is 3. The van der Waals surface area contributed by atoms with Crippen molar-refractivity contribution in [2.24, 2.45) is 4.99 Å². The number of nitrogens with one attached hydrogen (secondary N) is 1. The molecule has 216 valence electrons. The predicted octanol–water partition coefficient (Wildman–Crippen LogP) is 10.2. The third-order valence-corrected chi connectivity index (χ3v) is 10.7. The van der Waals surface area contributed by atoms with Gasteiger partial charge in [0.15, 0.2) is 0 Å². The van der Waals surface area contributed by atoms with E-state index < -0.39 is 0 Å². The van der Waals surface area contributed by atoms with Crippen LogP contribution in [0.2, 0.25) is 0 Å². The van der Waals surface area contributed by atoms with Gasteiger partial charge in [-0.25, -0.2) is 0 Å². The lowest BCUT2D eigenvalue weighted by atomic mass is 9.75. The van der Waals surface area contributed by atoms with Crippen molar-refractivity contribution in [1.82, 2.24) is 5.32 Å². The Labute approximate surface area is 267 Å². The first-order chi connectivity index (χ1) is 22.2. The summed E-state index contributed by atoms with van der Waals surface area (Å²) in [7, 11) is 0. The standard InChI is InChI=1S/C41H31N3S/c1-41-22-8-7-16-39(41)44(31-13-9-12-30(24-31)40-42-23-21-35(43-40)27-10-3-2-4-11-27)36-19-17-29(26-34(36)41)28-18-20-38-33(25-28)32-14-5-6-15-37(32)45-38/h2-26,39-40,42H,1H3. The molecule has 0 bridgehead atoms. The monoisotopic (exact) mass is 597 g/mol. The first-order valence-electron chi connectivity index (χ1n) is 15.5. The lowest BCUT2D eigenvalue weighted by molar-refractivity contribution is 0.550. The van der Waals surface area contributed by atoms with Gasteiger partial charge in [0.1, 0.15) is 6.17 Å². The third kappa shape index (κ3) is 4.21. The number of anilines is 2. The van der Waals surface area contributed by atoms with Gasteiger partial charge in [0.25, 0.3) is 0 Å². The fraction of sp³-hybridized carbons (Fsp3) is 0.0976. The normalized spacial score (nSPS) is 21.5. The van der Waals surface area contributed by atoms with E-state index in [9.17, 15) is 0 Å². The van der Waals surface area contributed by atoms with Gasteiger partial charge in [-0.3, -0.25) is 4.99 Å². The third-order valence-electron chi connectivity index (χ3n) is 9.58. The summed E-state index contributed by atoms with van der Waals surface area (Å²) in [5.74, 6) is 0. The summed E-state index contributed by atoms with van der Waals surface area (Å²) in [4.78, 5) is 7.60. The Morgan fingerprint density at radius 3 is 2.49 bits per heavy atom. The molecular weight excluding hydrogens is 567 g/mol. The lowest BCUT2D eigenvalue weighted by Gasteiger charge is -2.35. The Morgan fingerprint density at radius 2 is 1.56 bits per heavy atom. The molecule has 0 fully saturated rings.